The fourth-order valence-corrected chi connectivity index (χ4v) is 4.00. The van der Waals surface area contributed by atoms with Crippen molar-refractivity contribution in [3.05, 3.63) is 64.7 Å². The maximum absolute atomic E-state index is 13.2. The molecule has 2 atom stereocenters. The topological polar surface area (TPSA) is 90.9 Å². The van der Waals surface area contributed by atoms with Gasteiger partial charge in [0.15, 0.2) is 0 Å². The average Bonchev–Trinajstić information content (AvgIpc) is 2.84. The number of carbonyl (C=O) groups is 2. The number of benzene rings is 2. The standard InChI is InChI=1S/C27H38ClN3O4/c1-19(2)15-16-31(3)22(18-32)14-13-20-9-6-8-12-24(20)29-26(33)25(30-27(34)35-4)17-21-10-5-7-11-23(21)28/h5-12,19,22,25,32H,13-18H2,1-4H3,(H,29,33)(H,30,34)/t22-,25-/m0/s1. The van der Waals surface area contributed by atoms with Gasteiger partial charge in [-0.15, -0.1) is 0 Å². The van der Waals surface area contributed by atoms with Crippen LogP contribution in [0.1, 0.15) is 37.8 Å². The largest absolute Gasteiger partial charge is 0.453 e. The van der Waals surface area contributed by atoms with Crippen molar-refractivity contribution in [2.75, 3.05) is 32.6 Å². The maximum atomic E-state index is 13.2. The van der Waals surface area contributed by atoms with Crippen LogP contribution in [0.2, 0.25) is 5.02 Å². The molecule has 8 heteroatoms. The minimum absolute atomic E-state index is 0.0338. The second-order valence-corrected chi connectivity index (χ2v) is 9.58. The van der Waals surface area contributed by atoms with Crippen LogP contribution in [0.3, 0.4) is 0 Å². The lowest BCUT2D eigenvalue weighted by atomic mass is 10.0. The molecule has 0 unspecified atom stereocenters. The number of aliphatic hydroxyl groups is 1. The summed E-state index contributed by atoms with van der Waals surface area (Å²) in [7, 11) is 3.29. The molecule has 192 valence electrons. The zero-order chi connectivity index (χ0) is 25.8. The molecule has 2 aromatic carbocycles. The lowest BCUT2D eigenvalue weighted by Gasteiger charge is -2.27. The number of nitrogens with one attached hydrogen (secondary N) is 2. The lowest BCUT2D eigenvalue weighted by Crippen LogP contribution is -2.45. The maximum Gasteiger partial charge on any atom is 0.407 e. The third-order valence-corrected chi connectivity index (χ3v) is 6.46. The Kier molecular flexibility index (Phi) is 12.0. The van der Waals surface area contributed by atoms with E-state index in [9.17, 15) is 14.7 Å². The fraction of sp³-hybridized carbons (Fsp3) is 0.481. The van der Waals surface area contributed by atoms with Crippen molar-refractivity contribution in [3.63, 3.8) is 0 Å². The second-order valence-electron chi connectivity index (χ2n) is 9.17. The van der Waals surface area contributed by atoms with Crippen molar-refractivity contribution in [3.8, 4) is 0 Å². The summed E-state index contributed by atoms with van der Waals surface area (Å²) in [6, 6.07) is 14.0. The fourth-order valence-electron chi connectivity index (χ4n) is 3.79. The van der Waals surface area contributed by atoms with E-state index in [1.165, 1.54) is 7.11 Å². The molecule has 2 rings (SSSR count). The molecule has 35 heavy (non-hydrogen) atoms. The number of ether oxygens (including phenoxy) is 1. The van der Waals surface area contributed by atoms with Gasteiger partial charge in [-0.25, -0.2) is 4.79 Å². The Morgan fingerprint density at radius 2 is 1.71 bits per heavy atom. The van der Waals surface area contributed by atoms with Crippen LogP contribution < -0.4 is 10.6 Å². The second kappa shape index (κ2) is 14.7. The minimum Gasteiger partial charge on any atom is -0.453 e. The molecule has 0 bridgehead atoms. The number of methoxy groups -OCH3 is 1. The van der Waals surface area contributed by atoms with Gasteiger partial charge in [-0.3, -0.25) is 4.79 Å². The number of rotatable bonds is 13. The number of alkyl carbamates (subject to hydrolysis) is 1. The number of aryl methyl sites for hydroxylation is 1. The van der Waals surface area contributed by atoms with Crippen LogP contribution in [0, 0.1) is 5.92 Å². The van der Waals surface area contributed by atoms with Gasteiger partial charge in [0, 0.05) is 23.2 Å². The molecular formula is C27H38ClN3O4. The number of para-hydroxylation sites is 1. The highest BCUT2D eigenvalue weighted by Crippen LogP contribution is 2.21. The highest BCUT2D eigenvalue weighted by atomic mass is 35.5. The summed E-state index contributed by atoms with van der Waals surface area (Å²) in [6.07, 6.45) is 2.03. The normalized spacial score (nSPS) is 12.9. The van der Waals surface area contributed by atoms with Gasteiger partial charge in [0.05, 0.1) is 13.7 Å². The van der Waals surface area contributed by atoms with E-state index in [4.69, 9.17) is 16.3 Å². The molecule has 0 aromatic heterocycles. The first-order chi connectivity index (χ1) is 16.7. The zero-order valence-corrected chi connectivity index (χ0v) is 21.8. The molecule has 2 aromatic rings. The summed E-state index contributed by atoms with van der Waals surface area (Å²) in [5.41, 5.74) is 2.38. The van der Waals surface area contributed by atoms with Crippen molar-refractivity contribution < 1.29 is 19.4 Å². The van der Waals surface area contributed by atoms with Crippen molar-refractivity contribution in [2.24, 2.45) is 5.92 Å². The summed E-state index contributed by atoms with van der Waals surface area (Å²) in [5, 5.41) is 16.0. The predicted octanol–water partition coefficient (Wildman–Crippen LogP) is 4.52. The summed E-state index contributed by atoms with van der Waals surface area (Å²) in [6.45, 7) is 5.37. The number of aliphatic hydroxyl groups excluding tert-OH is 1. The lowest BCUT2D eigenvalue weighted by molar-refractivity contribution is -0.118. The number of hydrogen-bond acceptors (Lipinski definition) is 5. The molecule has 0 spiro atoms. The van der Waals surface area contributed by atoms with E-state index >= 15 is 0 Å². The molecule has 0 aliphatic carbocycles. The van der Waals surface area contributed by atoms with Gasteiger partial charge in [0.25, 0.3) is 0 Å². The van der Waals surface area contributed by atoms with Crippen LogP contribution in [0.5, 0.6) is 0 Å². The smallest absolute Gasteiger partial charge is 0.407 e. The van der Waals surface area contributed by atoms with Crippen LogP contribution >= 0.6 is 11.6 Å². The van der Waals surface area contributed by atoms with E-state index in [0.717, 1.165) is 30.5 Å². The SMILES string of the molecule is COC(=O)N[C@@H](Cc1ccccc1Cl)C(=O)Nc1ccccc1CC[C@@H](CO)N(C)CCC(C)C. The van der Waals surface area contributed by atoms with Gasteiger partial charge in [-0.2, -0.15) is 0 Å². The van der Waals surface area contributed by atoms with Gasteiger partial charge in [0.1, 0.15) is 6.04 Å². The third kappa shape index (κ3) is 9.51. The first-order valence-electron chi connectivity index (χ1n) is 12.0. The van der Waals surface area contributed by atoms with Gasteiger partial charge in [-0.05, 0) is 62.0 Å². The highest BCUT2D eigenvalue weighted by molar-refractivity contribution is 6.31. The number of halogens is 1. The molecule has 0 heterocycles. The Balaban J connectivity index is 2.12. The minimum atomic E-state index is -0.872. The number of amides is 2. The van der Waals surface area contributed by atoms with Crippen LogP contribution in [0.25, 0.3) is 0 Å². The number of anilines is 1. The van der Waals surface area contributed by atoms with Crippen LogP contribution in [-0.4, -0.2) is 61.4 Å². The summed E-state index contributed by atoms with van der Waals surface area (Å²) >= 11 is 6.28. The Labute approximate surface area is 213 Å². The van der Waals surface area contributed by atoms with Gasteiger partial charge < -0.3 is 25.4 Å². The van der Waals surface area contributed by atoms with Crippen LogP contribution in [-0.2, 0) is 22.4 Å². The van der Waals surface area contributed by atoms with E-state index in [-0.39, 0.29) is 25.0 Å². The van der Waals surface area contributed by atoms with E-state index < -0.39 is 12.1 Å². The first kappa shape index (κ1) is 28.6. The van der Waals surface area contributed by atoms with Crippen molar-refractivity contribution in [1.82, 2.24) is 10.2 Å². The monoisotopic (exact) mass is 503 g/mol. The Hall–Kier alpha value is -2.61. The van der Waals surface area contributed by atoms with Gasteiger partial charge in [0.2, 0.25) is 5.91 Å². The third-order valence-electron chi connectivity index (χ3n) is 6.09. The number of hydrogen-bond donors (Lipinski definition) is 3. The van der Waals surface area contributed by atoms with Gasteiger partial charge in [-0.1, -0.05) is 61.8 Å². The Bertz CT molecular complexity index is 954. The molecule has 0 fully saturated rings. The molecular weight excluding hydrogens is 466 g/mol. The van der Waals surface area contributed by atoms with E-state index in [1.54, 1.807) is 6.07 Å². The van der Waals surface area contributed by atoms with E-state index in [1.807, 2.05) is 49.5 Å². The van der Waals surface area contributed by atoms with Crippen molar-refractivity contribution >= 4 is 29.3 Å². The van der Waals surface area contributed by atoms with Crippen LogP contribution in [0.4, 0.5) is 10.5 Å². The molecule has 0 aliphatic heterocycles. The molecule has 0 saturated heterocycles. The van der Waals surface area contributed by atoms with E-state index in [0.29, 0.717) is 23.0 Å². The molecule has 2 amide bonds. The highest BCUT2D eigenvalue weighted by Gasteiger charge is 2.24. The molecule has 0 aliphatic rings. The van der Waals surface area contributed by atoms with Gasteiger partial charge >= 0.3 is 6.09 Å². The quantitative estimate of drug-likeness (QED) is 0.374. The van der Waals surface area contributed by atoms with Crippen LogP contribution in [0.15, 0.2) is 48.5 Å². The Morgan fingerprint density at radius 1 is 1.06 bits per heavy atom. The molecule has 0 radical (unpaired) electrons. The molecule has 0 saturated carbocycles. The van der Waals surface area contributed by atoms with Crippen molar-refractivity contribution in [2.45, 2.75) is 51.6 Å². The summed E-state index contributed by atoms with van der Waals surface area (Å²) in [4.78, 5) is 27.3. The van der Waals surface area contributed by atoms with E-state index in [2.05, 4.69) is 29.4 Å². The summed E-state index contributed by atoms with van der Waals surface area (Å²) < 4.78 is 4.72. The average molecular weight is 504 g/mol. The number of likely N-dealkylation sites (N-methyl/N-ethyl adjacent to an activating group) is 1. The Morgan fingerprint density at radius 3 is 2.34 bits per heavy atom. The summed E-state index contributed by atoms with van der Waals surface area (Å²) in [5.74, 6) is 0.237. The molecule has 3 N–H and O–H groups in total. The number of carbonyl (C=O) groups excluding carboxylic acids is 2. The number of nitrogens with zero attached hydrogens (tertiary/aromatic N) is 1. The molecule has 7 nitrogen and oxygen atoms in total. The predicted molar refractivity (Wildman–Crippen MR) is 141 cm³/mol. The zero-order valence-electron chi connectivity index (χ0n) is 21.1. The van der Waals surface area contributed by atoms with Crippen molar-refractivity contribution in [1.29, 1.82) is 0 Å². The first-order valence-corrected chi connectivity index (χ1v) is 12.4.